The topological polar surface area (TPSA) is 12.0 Å². The Morgan fingerprint density at radius 1 is 1.00 bits per heavy atom. The molecule has 1 fully saturated rings. The van der Waals surface area contributed by atoms with E-state index in [-0.39, 0.29) is 0 Å². The summed E-state index contributed by atoms with van der Waals surface area (Å²) in [5.74, 6) is 0.897. The average Bonchev–Trinajstić information content (AvgIpc) is 2.51. The highest BCUT2D eigenvalue weighted by Gasteiger charge is 2.24. The van der Waals surface area contributed by atoms with Crippen LogP contribution >= 0.6 is 0 Å². The Kier molecular flexibility index (Phi) is 6.09. The first-order valence-corrected chi connectivity index (χ1v) is 8.57. The van der Waals surface area contributed by atoms with E-state index in [0.717, 1.165) is 5.92 Å². The largest absolute Gasteiger partial charge is 0.307 e. The summed E-state index contributed by atoms with van der Waals surface area (Å²) in [6, 6.07) is 10.3. The van der Waals surface area contributed by atoms with Crippen LogP contribution in [-0.4, -0.2) is 6.04 Å². The Morgan fingerprint density at radius 2 is 1.65 bits per heavy atom. The maximum absolute atomic E-state index is 3.96. The average molecular weight is 273 g/mol. The summed E-state index contributed by atoms with van der Waals surface area (Å²) in [4.78, 5) is 0. The lowest BCUT2D eigenvalue weighted by molar-refractivity contribution is 0.244. The van der Waals surface area contributed by atoms with Crippen molar-refractivity contribution in [3.8, 4) is 0 Å². The van der Waals surface area contributed by atoms with E-state index in [9.17, 15) is 0 Å². The highest BCUT2D eigenvalue weighted by atomic mass is 15.0. The van der Waals surface area contributed by atoms with Gasteiger partial charge in [-0.3, -0.25) is 0 Å². The van der Waals surface area contributed by atoms with E-state index in [1.165, 1.54) is 56.1 Å². The van der Waals surface area contributed by atoms with E-state index in [1.54, 1.807) is 0 Å². The fourth-order valence-electron chi connectivity index (χ4n) is 3.63. The van der Waals surface area contributed by atoms with Crippen LogP contribution < -0.4 is 5.32 Å². The van der Waals surface area contributed by atoms with Crippen LogP contribution in [0.2, 0.25) is 0 Å². The molecular formula is C19H31N. The fourth-order valence-corrected chi connectivity index (χ4v) is 3.63. The van der Waals surface area contributed by atoms with Gasteiger partial charge in [0.05, 0.1) is 0 Å². The summed E-state index contributed by atoms with van der Waals surface area (Å²) < 4.78 is 0. The van der Waals surface area contributed by atoms with Crippen LogP contribution in [0.4, 0.5) is 0 Å². The number of hydrogen-bond acceptors (Lipinski definition) is 1. The molecular weight excluding hydrogens is 242 g/mol. The van der Waals surface area contributed by atoms with Crippen molar-refractivity contribution in [2.75, 3.05) is 0 Å². The van der Waals surface area contributed by atoms with Crippen molar-refractivity contribution in [3.63, 3.8) is 0 Å². The van der Waals surface area contributed by atoms with E-state index < -0.39 is 0 Å². The van der Waals surface area contributed by atoms with Crippen LogP contribution in [-0.2, 0) is 0 Å². The third kappa shape index (κ3) is 4.09. The zero-order valence-corrected chi connectivity index (χ0v) is 13.5. The molecule has 112 valence electrons. The minimum Gasteiger partial charge on any atom is -0.307 e. The van der Waals surface area contributed by atoms with Crippen LogP contribution in [0.3, 0.4) is 0 Å². The van der Waals surface area contributed by atoms with Gasteiger partial charge in [-0.05, 0) is 44.1 Å². The summed E-state index contributed by atoms with van der Waals surface area (Å²) >= 11 is 0. The van der Waals surface area contributed by atoms with Crippen LogP contribution in [0.5, 0.6) is 0 Å². The molecule has 0 saturated heterocycles. The number of nitrogens with one attached hydrogen (secondary N) is 1. The van der Waals surface area contributed by atoms with Gasteiger partial charge < -0.3 is 5.32 Å². The molecule has 1 heteroatoms. The van der Waals surface area contributed by atoms with Crippen LogP contribution in [0.15, 0.2) is 24.3 Å². The monoisotopic (exact) mass is 273 g/mol. The van der Waals surface area contributed by atoms with Crippen molar-refractivity contribution in [2.24, 2.45) is 5.92 Å². The highest BCUT2D eigenvalue weighted by molar-refractivity contribution is 5.24. The molecule has 0 amide bonds. The van der Waals surface area contributed by atoms with Crippen molar-refractivity contribution < 1.29 is 0 Å². The highest BCUT2D eigenvalue weighted by Crippen LogP contribution is 2.29. The van der Waals surface area contributed by atoms with Gasteiger partial charge in [0.1, 0.15) is 0 Å². The molecule has 0 bridgehead atoms. The molecule has 0 radical (unpaired) electrons. The van der Waals surface area contributed by atoms with E-state index >= 15 is 0 Å². The lowest BCUT2D eigenvalue weighted by atomic mass is 9.82. The molecule has 2 atom stereocenters. The van der Waals surface area contributed by atoms with Gasteiger partial charge in [0, 0.05) is 12.1 Å². The van der Waals surface area contributed by atoms with Crippen molar-refractivity contribution in [1.82, 2.24) is 5.32 Å². The maximum Gasteiger partial charge on any atom is 0.0320 e. The van der Waals surface area contributed by atoms with Gasteiger partial charge in [-0.25, -0.2) is 0 Å². The fraction of sp³-hybridized carbons (Fsp3) is 0.684. The second-order valence-corrected chi connectivity index (χ2v) is 6.45. The van der Waals surface area contributed by atoms with Gasteiger partial charge in [0.25, 0.3) is 0 Å². The first kappa shape index (κ1) is 15.6. The Balaban J connectivity index is 2.01. The summed E-state index contributed by atoms with van der Waals surface area (Å²) in [5, 5.41) is 3.96. The predicted molar refractivity (Wildman–Crippen MR) is 88.0 cm³/mol. The van der Waals surface area contributed by atoms with Crippen molar-refractivity contribution in [3.05, 3.63) is 35.4 Å². The number of aryl methyl sites for hydroxylation is 1. The van der Waals surface area contributed by atoms with Gasteiger partial charge in [0.2, 0.25) is 0 Å². The van der Waals surface area contributed by atoms with E-state index in [4.69, 9.17) is 0 Å². The number of rotatable bonds is 6. The third-order valence-electron chi connectivity index (χ3n) is 4.96. The molecule has 1 aliphatic carbocycles. The minimum atomic E-state index is 0.516. The SMILES string of the molecule is CCC(NC(CC)C1CCCCC1)c1ccc(C)cc1. The molecule has 0 aromatic heterocycles. The quantitative estimate of drug-likeness (QED) is 0.732. The molecule has 1 aromatic carbocycles. The van der Waals surface area contributed by atoms with Gasteiger partial charge in [0.15, 0.2) is 0 Å². The van der Waals surface area contributed by atoms with Crippen LogP contribution in [0.25, 0.3) is 0 Å². The van der Waals surface area contributed by atoms with Crippen LogP contribution in [0.1, 0.15) is 76.0 Å². The van der Waals surface area contributed by atoms with Gasteiger partial charge >= 0.3 is 0 Å². The van der Waals surface area contributed by atoms with E-state index in [2.05, 4.69) is 50.4 Å². The standard InChI is InChI=1S/C19H31N/c1-4-18(16-9-7-6-8-10-16)20-19(5-2)17-13-11-15(3)12-14-17/h11-14,16,18-20H,4-10H2,1-3H3. The Hall–Kier alpha value is -0.820. The molecule has 1 N–H and O–H groups in total. The number of hydrogen-bond donors (Lipinski definition) is 1. The molecule has 1 nitrogen and oxygen atoms in total. The molecule has 20 heavy (non-hydrogen) atoms. The molecule has 2 rings (SSSR count). The summed E-state index contributed by atoms with van der Waals surface area (Å²) in [6.07, 6.45) is 9.60. The van der Waals surface area contributed by atoms with E-state index in [0.29, 0.717) is 12.1 Å². The van der Waals surface area contributed by atoms with Gasteiger partial charge in [-0.1, -0.05) is 62.9 Å². The van der Waals surface area contributed by atoms with Crippen LogP contribution in [0, 0.1) is 12.8 Å². The Morgan fingerprint density at radius 3 is 2.20 bits per heavy atom. The van der Waals surface area contributed by atoms with Gasteiger partial charge in [-0.15, -0.1) is 0 Å². The lowest BCUT2D eigenvalue weighted by Crippen LogP contribution is -2.39. The summed E-state index contributed by atoms with van der Waals surface area (Å²) in [5.41, 5.74) is 2.80. The second kappa shape index (κ2) is 7.83. The smallest absolute Gasteiger partial charge is 0.0320 e. The minimum absolute atomic E-state index is 0.516. The molecule has 2 unspecified atom stereocenters. The van der Waals surface area contributed by atoms with Crippen molar-refractivity contribution in [1.29, 1.82) is 0 Å². The summed E-state index contributed by atoms with van der Waals surface area (Å²) in [6.45, 7) is 6.80. The zero-order valence-electron chi connectivity index (χ0n) is 13.5. The predicted octanol–water partition coefficient (Wildman–Crippen LogP) is 5.39. The van der Waals surface area contributed by atoms with Gasteiger partial charge in [-0.2, -0.15) is 0 Å². The van der Waals surface area contributed by atoms with E-state index in [1.807, 2.05) is 0 Å². The maximum atomic E-state index is 3.96. The third-order valence-corrected chi connectivity index (χ3v) is 4.96. The normalized spacial score (nSPS) is 19.8. The molecule has 1 saturated carbocycles. The number of benzene rings is 1. The second-order valence-electron chi connectivity index (χ2n) is 6.45. The molecule has 0 heterocycles. The Bertz CT molecular complexity index is 375. The zero-order chi connectivity index (χ0) is 14.4. The molecule has 0 spiro atoms. The van der Waals surface area contributed by atoms with Crippen molar-refractivity contribution >= 4 is 0 Å². The van der Waals surface area contributed by atoms with Crippen molar-refractivity contribution in [2.45, 2.75) is 77.8 Å². The first-order valence-electron chi connectivity index (χ1n) is 8.57. The summed E-state index contributed by atoms with van der Waals surface area (Å²) in [7, 11) is 0. The first-order chi connectivity index (χ1) is 9.74. The molecule has 0 aliphatic heterocycles. The Labute approximate surface area is 125 Å². The lowest BCUT2D eigenvalue weighted by Gasteiger charge is -2.33. The molecule has 1 aliphatic rings. The molecule has 1 aromatic rings.